The van der Waals surface area contributed by atoms with E-state index in [-0.39, 0.29) is 86.1 Å². The minimum Gasteiger partial charge on any atom is -0.492 e. The summed E-state index contributed by atoms with van der Waals surface area (Å²) in [6.45, 7) is 10.1. The van der Waals surface area contributed by atoms with Crippen molar-refractivity contribution >= 4 is 35.4 Å². The number of nitriles is 1. The van der Waals surface area contributed by atoms with E-state index in [0.717, 1.165) is 11.3 Å². The van der Waals surface area contributed by atoms with E-state index in [4.69, 9.17) is 37.1 Å². The van der Waals surface area contributed by atoms with Crippen LogP contribution in [-0.2, 0) is 25.6 Å². The summed E-state index contributed by atoms with van der Waals surface area (Å²) >= 11 is 0. The highest BCUT2D eigenvalue weighted by molar-refractivity contribution is 6.02. The SMILES string of the molecule is Cc1nc(-c2ccc(OCCC(C)(C)C)cn2)nc(N)c1C(=O)N[C@@H](CCN)C(=O)N(C)[C@@H]1C(=O)N[C@@H](C)C(=O)N[C@H](C(=O)NCC#N)Cc2ccc(OCCN)c(c2)-c2cc1ccc2OCCN. The van der Waals surface area contributed by atoms with Crippen molar-refractivity contribution in [3.05, 3.63) is 77.1 Å². The number of nitrogens with two attached hydrogens (primary N) is 4. The fourth-order valence-electron chi connectivity index (χ4n) is 7.42. The molecule has 2 aromatic carbocycles. The number of benzene rings is 2. The van der Waals surface area contributed by atoms with Gasteiger partial charge in [-0.1, -0.05) is 32.9 Å². The van der Waals surface area contributed by atoms with Gasteiger partial charge >= 0.3 is 0 Å². The summed E-state index contributed by atoms with van der Waals surface area (Å²) in [6, 6.07) is 10.2. The quantitative estimate of drug-likeness (QED) is 0.0654. The molecule has 0 spiro atoms. The number of nitrogens with one attached hydrogen (secondary N) is 4. The number of fused-ring (bicyclic) bond motifs is 5. The fourth-order valence-corrected chi connectivity index (χ4v) is 7.42. The first-order valence-corrected chi connectivity index (χ1v) is 22.6. The molecule has 4 atom stereocenters. The molecule has 12 N–H and O–H groups in total. The van der Waals surface area contributed by atoms with Crippen molar-refractivity contribution in [2.45, 2.75) is 78.0 Å². The number of pyridine rings is 1. The molecule has 5 rings (SSSR count). The summed E-state index contributed by atoms with van der Waals surface area (Å²) in [6.07, 6.45) is 2.33. The Hall–Kier alpha value is -7.41. The molecule has 21 nitrogen and oxygen atoms in total. The summed E-state index contributed by atoms with van der Waals surface area (Å²) in [7, 11) is 1.38. The third kappa shape index (κ3) is 13.8. The standard InChI is InChI=1S/C48H63N13O8/c1-27-39(41(53)60-42(56-27)34-10-9-31(26-55-34)67-20-14-48(3,4)5)45(64)58-35(13-15-49)47(66)61(6)40-30-8-12-38(69-22-18-52)33(25-30)32-23-29(7-11-37(32)68-21-17-51)24-36(44(63)54-19-16-50)59-43(62)28(2)57-46(40)65/h7-12,23,25-26,28,35-36,40H,13-15,17-22,24,49,51-52H2,1-6H3,(H,54,63)(H,57,65)(H,58,64)(H,59,62)(H2,53,56,60)/t28-,35-,36-,40-/m0/s1. The number of carbonyl (C=O) groups is 5. The third-order valence-corrected chi connectivity index (χ3v) is 11.0. The minimum atomic E-state index is -1.45. The van der Waals surface area contributed by atoms with Crippen molar-refractivity contribution < 1.29 is 38.2 Å². The lowest BCUT2D eigenvalue weighted by Gasteiger charge is -2.32. The van der Waals surface area contributed by atoms with Crippen LogP contribution in [-0.4, -0.2) is 121 Å². The second-order valence-corrected chi connectivity index (χ2v) is 17.6. The lowest BCUT2D eigenvalue weighted by molar-refractivity contribution is -0.141. The van der Waals surface area contributed by atoms with Gasteiger partial charge in [0.25, 0.3) is 5.91 Å². The van der Waals surface area contributed by atoms with Crippen molar-refractivity contribution in [1.29, 1.82) is 5.26 Å². The highest BCUT2D eigenvalue weighted by Gasteiger charge is 2.36. The molecular formula is C48H63N13O8. The van der Waals surface area contributed by atoms with E-state index in [2.05, 4.69) is 57.0 Å². The lowest BCUT2D eigenvalue weighted by atomic mass is 9.93. The maximum absolute atomic E-state index is 14.7. The van der Waals surface area contributed by atoms with Crippen LogP contribution in [0.25, 0.3) is 22.6 Å². The predicted molar refractivity (Wildman–Crippen MR) is 257 cm³/mol. The van der Waals surface area contributed by atoms with Crippen molar-refractivity contribution in [2.75, 3.05) is 58.8 Å². The van der Waals surface area contributed by atoms with Gasteiger partial charge in [-0.05, 0) is 86.2 Å². The monoisotopic (exact) mass is 949 g/mol. The topological polar surface area (TPSA) is 331 Å². The Kier molecular flexibility index (Phi) is 18.3. The largest absolute Gasteiger partial charge is 0.492 e. The molecular weight excluding hydrogens is 887 g/mol. The number of rotatable bonds is 18. The van der Waals surface area contributed by atoms with Gasteiger partial charge in [0, 0.05) is 37.7 Å². The van der Waals surface area contributed by atoms with Crippen molar-refractivity contribution in [3.63, 3.8) is 0 Å². The van der Waals surface area contributed by atoms with Crippen LogP contribution < -0.4 is 58.4 Å². The van der Waals surface area contributed by atoms with Crippen LogP contribution in [0, 0.1) is 23.7 Å². The Morgan fingerprint density at radius 1 is 0.913 bits per heavy atom. The van der Waals surface area contributed by atoms with Gasteiger partial charge in [0.15, 0.2) is 5.82 Å². The second-order valence-electron chi connectivity index (χ2n) is 17.6. The van der Waals surface area contributed by atoms with Gasteiger partial charge in [-0.25, -0.2) is 15.0 Å². The number of hydrogen-bond acceptors (Lipinski definition) is 16. The summed E-state index contributed by atoms with van der Waals surface area (Å²) < 4.78 is 18.0. The zero-order valence-electron chi connectivity index (χ0n) is 39.9. The Morgan fingerprint density at radius 2 is 1.59 bits per heavy atom. The van der Waals surface area contributed by atoms with Crippen molar-refractivity contribution in [2.24, 2.45) is 22.6 Å². The average Bonchev–Trinajstić information content (AvgIpc) is 3.30. The first kappa shape index (κ1) is 52.6. The molecule has 4 bridgehead atoms. The molecule has 5 amide bonds. The number of ether oxygens (including phenoxy) is 3. The first-order valence-electron chi connectivity index (χ1n) is 22.6. The zero-order chi connectivity index (χ0) is 50.4. The van der Waals surface area contributed by atoms with E-state index in [1.165, 1.54) is 14.0 Å². The van der Waals surface area contributed by atoms with Crippen LogP contribution in [0.15, 0.2) is 54.7 Å². The van der Waals surface area contributed by atoms with Crippen LogP contribution in [0.1, 0.15) is 73.8 Å². The molecule has 3 heterocycles. The number of anilines is 1. The van der Waals surface area contributed by atoms with Gasteiger partial charge in [0.05, 0.1) is 24.6 Å². The fraction of sp³-hybridized carbons (Fsp3) is 0.438. The summed E-state index contributed by atoms with van der Waals surface area (Å²) in [5, 5.41) is 19.8. The normalized spacial score (nSPS) is 16.4. The number of aromatic nitrogens is 3. The van der Waals surface area contributed by atoms with Gasteiger partial charge in [0.2, 0.25) is 23.6 Å². The highest BCUT2D eigenvalue weighted by Crippen LogP contribution is 2.40. The van der Waals surface area contributed by atoms with Crippen LogP contribution in [0.5, 0.6) is 17.2 Å². The van der Waals surface area contributed by atoms with Gasteiger partial charge in [-0.3, -0.25) is 24.0 Å². The first-order chi connectivity index (χ1) is 32.9. The zero-order valence-corrected chi connectivity index (χ0v) is 39.9. The van der Waals surface area contributed by atoms with Gasteiger partial charge in [-0.15, -0.1) is 0 Å². The smallest absolute Gasteiger partial charge is 0.257 e. The Balaban J connectivity index is 1.52. The van der Waals surface area contributed by atoms with Crippen molar-refractivity contribution in [3.8, 4) is 46.0 Å². The lowest BCUT2D eigenvalue weighted by Crippen LogP contribution is -2.56. The Bertz CT molecular complexity index is 2500. The average molecular weight is 950 g/mol. The van der Waals surface area contributed by atoms with E-state index >= 15 is 0 Å². The summed E-state index contributed by atoms with van der Waals surface area (Å²) in [4.78, 5) is 84.9. The minimum absolute atomic E-state index is 0.0128. The molecule has 2 aromatic heterocycles. The molecule has 0 saturated heterocycles. The molecule has 1 aliphatic rings. The second kappa shape index (κ2) is 24.0. The van der Waals surface area contributed by atoms with E-state index in [9.17, 15) is 29.2 Å². The Morgan fingerprint density at radius 3 is 2.20 bits per heavy atom. The maximum atomic E-state index is 14.7. The molecule has 368 valence electrons. The molecule has 0 unspecified atom stereocenters. The van der Waals surface area contributed by atoms with E-state index in [0.29, 0.717) is 46.2 Å². The van der Waals surface area contributed by atoms with E-state index < -0.39 is 53.7 Å². The molecule has 21 heteroatoms. The van der Waals surface area contributed by atoms with Crippen LogP contribution >= 0.6 is 0 Å². The number of amides is 5. The number of hydrogen-bond donors (Lipinski definition) is 8. The third-order valence-electron chi connectivity index (χ3n) is 11.0. The van der Waals surface area contributed by atoms with Crippen molar-refractivity contribution in [1.82, 2.24) is 41.1 Å². The summed E-state index contributed by atoms with van der Waals surface area (Å²) in [5.74, 6) is -2.32. The van der Waals surface area contributed by atoms with Crippen LogP contribution in [0.3, 0.4) is 0 Å². The molecule has 1 aliphatic heterocycles. The predicted octanol–water partition coefficient (Wildman–Crippen LogP) is 1.42. The number of nitrogens with zero attached hydrogens (tertiary/aromatic N) is 5. The molecule has 0 saturated carbocycles. The highest BCUT2D eigenvalue weighted by atomic mass is 16.5. The van der Waals surface area contributed by atoms with Gasteiger partial charge < -0.3 is 63.3 Å². The molecule has 0 aliphatic carbocycles. The number of nitrogen functional groups attached to an aromatic ring is 1. The van der Waals surface area contributed by atoms with E-state index in [1.54, 1.807) is 61.7 Å². The summed E-state index contributed by atoms with van der Waals surface area (Å²) in [5.41, 5.74) is 26.5. The van der Waals surface area contributed by atoms with Crippen LogP contribution in [0.4, 0.5) is 5.82 Å². The number of carbonyl (C=O) groups excluding carboxylic acids is 5. The van der Waals surface area contributed by atoms with Gasteiger partial charge in [0.1, 0.15) is 78.2 Å². The van der Waals surface area contributed by atoms with Gasteiger partial charge in [-0.2, -0.15) is 5.26 Å². The molecule has 69 heavy (non-hydrogen) atoms. The van der Waals surface area contributed by atoms with E-state index in [1.807, 2.05) is 6.07 Å². The molecule has 0 radical (unpaired) electrons. The van der Waals surface area contributed by atoms with Crippen LogP contribution in [0.2, 0.25) is 0 Å². The number of likely N-dealkylation sites (N-methyl/N-ethyl adjacent to an activating group) is 1. The Labute approximate surface area is 401 Å². The maximum Gasteiger partial charge on any atom is 0.257 e. The molecule has 4 aromatic rings. The molecule has 0 fully saturated rings. The number of aryl methyl sites for hydroxylation is 1.